The van der Waals surface area contributed by atoms with Gasteiger partial charge in [-0.25, -0.2) is 4.39 Å². The first kappa shape index (κ1) is 17.1. The summed E-state index contributed by atoms with van der Waals surface area (Å²) in [6.07, 6.45) is 0.302. The van der Waals surface area contributed by atoms with Gasteiger partial charge in [-0.1, -0.05) is 23.7 Å². The average molecular weight is 337 g/mol. The summed E-state index contributed by atoms with van der Waals surface area (Å²) in [6.45, 7) is 0.825. The number of anilines is 1. The number of nitrogens with one attached hydrogen (secondary N) is 2. The summed E-state index contributed by atoms with van der Waals surface area (Å²) in [5, 5.41) is 6.50. The van der Waals surface area contributed by atoms with Crippen molar-refractivity contribution in [3.8, 4) is 5.75 Å². The highest BCUT2D eigenvalue weighted by Crippen LogP contribution is 2.27. The highest BCUT2D eigenvalue weighted by atomic mass is 35.5. The number of carbonyl (C=O) groups is 1. The molecule has 0 atom stereocenters. The molecule has 0 spiro atoms. The van der Waals surface area contributed by atoms with Crippen molar-refractivity contribution in [3.05, 3.63) is 58.9 Å². The SMILES string of the molecule is COc1ccc(Cl)cc1NCCC(=O)NCc1ccc(F)cc1. The maximum absolute atomic E-state index is 12.8. The third-order valence-corrected chi connectivity index (χ3v) is 3.47. The monoisotopic (exact) mass is 336 g/mol. The fraction of sp³-hybridized carbons (Fsp3) is 0.235. The third kappa shape index (κ3) is 5.45. The first-order valence-corrected chi connectivity index (χ1v) is 7.55. The van der Waals surface area contributed by atoms with E-state index in [0.29, 0.717) is 30.3 Å². The number of amides is 1. The van der Waals surface area contributed by atoms with Gasteiger partial charge < -0.3 is 15.4 Å². The smallest absolute Gasteiger partial charge is 0.222 e. The zero-order valence-corrected chi connectivity index (χ0v) is 13.5. The van der Waals surface area contributed by atoms with Crippen molar-refractivity contribution in [1.82, 2.24) is 5.32 Å². The molecule has 0 saturated heterocycles. The van der Waals surface area contributed by atoms with Gasteiger partial charge in [-0.05, 0) is 35.9 Å². The molecule has 0 aliphatic rings. The zero-order chi connectivity index (χ0) is 16.7. The van der Waals surface area contributed by atoms with E-state index in [1.165, 1.54) is 12.1 Å². The minimum atomic E-state index is -0.292. The van der Waals surface area contributed by atoms with E-state index in [0.717, 1.165) is 11.3 Å². The first-order valence-electron chi connectivity index (χ1n) is 7.17. The van der Waals surface area contributed by atoms with Crippen LogP contribution in [0.5, 0.6) is 5.75 Å². The molecule has 0 heterocycles. The molecule has 0 saturated carbocycles. The van der Waals surface area contributed by atoms with Crippen LogP contribution in [0.1, 0.15) is 12.0 Å². The Morgan fingerprint density at radius 2 is 1.96 bits per heavy atom. The predicted molar refractivity (Wildman–Crippen MR) is 89.4 cm³/mol. The molecule has 0 aliphatic heterocycles. The standard InChI is InChI=1S/C17H18ClFN2O2/c1-23-16-7-4-13(18)10-15(16)20-9-8-17(22)21-11-12-2-5-14(19)6-3-12/h2-7,10,20H,8-9,11H2,1H3,(H,21,22). The lowest BCUT2D eigenvalue weighted by atomic mass is 10.2. The Bertz CT molecular complexity index is 662. The Morgan fingerprint density at radius 1 is 1.22 bits per heavy atom. The van der Waals surface area contributed by atoms with Gasteiger partial charge in [-0.3, -0.25) is 4.79 Å². The summed E-state index contributed by atoms with van der Waals surface area (Å²) in [5.74, 6) is 0.281. The molecule has 2 N–H and O–H groups in total. The van der Waals surface area contributed by atoms with Crippen LogP contribution in [-0.4, -0.2) is 19.6 Å². The van der Waals surface area contributed by atoms with Crippen LogP contribution in [-0.2, 0) is 11.3 Å². The van der Waals surface area contributed by atoms with Crippen LogP contribution in [0.2, 0.25) is 5.02 Å². The number of ether oxygens (including phenoxy) is 1. The molecule has 2 aromatic rings. The van der Waals surface area contributed by atoms with Gasteiger partial charge in [0.1, 0.15) is 11.6 Å². The minimum absolute atomic E-state index is 0.0946. The Labute approximate surface area is 139 Å². The van der Waals surface area contributed by atoms with Crippen LogP contribution in [0.15, 0.2) is 42.5 Å². The van der Waals surface area contributed by atoms with Gasteiger partial charge in [0.05, 0.1) is 12.8 Å². The second-order valence-electron chi connectivity index (χ2n) is 4.92. The van der Waals surface area contributed by atoms with E-state index in [1.54, 1.807) is 37.4 Å². The number of benzene rings is 2. The molecule has 0 bridgehead atoms. The predicted octanol–water partition coefficient (Wildman–Crippen LogP) is 3.61. The largest absolute Gasteiger partial charge is 0.495 e. The van der Waals surface area contributed by atoms with Crippen LogP contribution in [0.25, 0.3) is 0 Å². The summed E-state index contributed by atoms with van der Waals surface area (Å²) in [7, 11) is 1.57. The summed E-state index contributed by atoms with van der Waals surface area (Å²) in [4.78, 5) is 11.8. The van der Waals surface area contributed by atoms with Crippen molar-refractivity contribution < 1.29 is 13.9 Å². The highest BCUT2D eigenvalue weighted by molar-refractivity contribution is 6.30. The number of hydrogen-bond acceptors (Lipinski definition) is 3. The van der Waals surface area contributed by atoms with E-state index >= 15 is 0 Å². The molecular formula is C17H18ClFN2O2. The molecule has 2 aromatic carbocycles. The van der Waals surface area contributed by atoms with E-state index in [2.05, 4.69) is 10.6 Å². The quantitative estimate of drug-likeness (QED) is 0.812. The zero-order valence-electron chi connectivity index (χ0n) is 12.7. The molecule has 2 rings (SSSR count). The normalized spacial score (nSPS) is 10.2. The molecule has 23 heavy (non-hydrogen) atoms. The second kappa shape index (κ2) is 8.39. The van der Waals surface area contributed by atoms with Gasteiger partial charge in [0.15, 0.2) is 0 Å². The van der Waals surface area contributed by atoms with Gasteiger partial charge in [0, 0.05) is 24.5 Å². The molecule has 4 nitrogen and oxygen atoms in total. The highest BCUT2D eigenvalue weighted by Gasteiger charge is 2.05. The molecule has 0 unspecified atom stereocenters. The number of halogens is 2. The van der Waals surface area contributed by atoms with Gasteiger partial charge in [-0.15, -0.1) is 0 Å². The molecule has 0 radical (unpaired) electrons. The van der Waals surface area contributed by atoms with E-state index in [-0.39, 0.29) is 11.7 Å². The average Bonchev–Trinajstić information content (AvgIpc) is 2.54. The van der Waals surface area contributed by atoms with Crippen molar-refractivity contribution >= 4 is 23.2 Å². The van der Waals surface area contributed by atoms with Crippen LogP contribution >= 0.6 is 11.6 Å². The van der Waals surface area contributed by atoms with E-state index in [1.807, 2.05) is 0 Å². The molecule has 122 valence electrons. The molecule has 6 heteroatoms. The molecule has 0 aliphatic carbocycles. The fourth-order valence-electron chi connectivity index (χ4n) is 2.02. The van der Waals surface area contributed by atoms with Crippen molar-refractivity contribution in [2.75, 3.05) is 19.0 Å². The number of hydrogen-bond donors (Lipinski definition) is 2. The fourth-order valence-corrected chi connectivity index (χ4v) is 2.19. The van der Waals surface area contributed by atoms with Crippen LogP contribution in [0.3, 0.4) is 0 Å². The van der Waals surface area contributed by atoms with Gasteiger partial charge >= 0.3 is 0 Å². The van der Waals surface area contributed by atoms with Gasteiger partial charge in [-0.2, -0.15) is 0 Å². The van der Waals surface area contributed by atoms with E-state index in [9.17, 15) is 9.18 Å². The Balaban J connectivity index is 1.76. The lowest BCUT2D eigenvalue weighted by molar-refractivity contribution is -0.121. The third-order valence-electron chi connectivity index (χ3n) is 3.23. The lowest BCUT2D eigenvalue weighted by Crippen LogP contribution is -2.24. The summed E-state index contributed by atoms with van der Waals surface area (Å²) in [5.41, 5.74) is 1.59. The van der Waals surface area contributed by atoms with Gasteiger partial charge in [0.2, 0.25) is 5.91 Å². The summed E-state index contributed by atoms with van der Waals surface area (Å²) >= 11 is 5.94. The lowest BCUT2D eigenvalue weighted by Gasteiger charge is -2.11. The van der Waals surface area contributed by atoms with Gasteiger partial charge in [0.25, 0.3) is 0 Å². The van der Waals surface area contributed by atoms with Crippen LogP contribution < -0.4 is 15.4 Å². The summed E-state index contributed by atoms with van der Waals surface area (Å²) < 4.78 is 18.0. The number of methoxy groups -OCH3 is 1. The Kier molecular flexibility index (Phi) is 6.23. The van der Waals surface area contributed by atoms with Crippen molar-refractivity contribution in [3.63, 3.8) is 0 Å². The van der Waals surface area contributed by atoms with Crippen molar-refractivity contribution in [2.45, 2.75) is 13.0 Å². The maximum atomic E-state index is 12.8. The minimum Gasteiger partial charge on any atom is -0.495 e. The van der Waals surface area contributed by atoms with E-state index in [4.69, 9.17) is 16.3 Å². The van der Waals surface area contributed by atoms with E-state index < -0.39 is 0 Å². The van der Waals surface area contributed by atoms with Crippen molar-refractivity contribution in [2.24, 2.45) is 0 Å². The van der Waals surface area contributed by atoms with Crippen LogP contribution in [0, 0.1) is 5.82 Å². The molecule has 1 amide bonds. The van der Waals surface area contributed by atoms with Crippen molar-refractivity contribution in [1.29, 1.82) is 0 Å². The second-order valence-corrected chi connectivity index (χ2v) is 5.36. The molecule has 0 fully saturated rings. The number of carbonyl (C=O) groups excluding carboxylic acids is 1. The Hall–Kier alpha value is -2.27. The number of rotatable bonds is 7. The summed E-state index contributed by atoms with van der Waals surface area (Å²) in [6, 6.07) is 11.3. The first-order chi connectivity index (χ1) is 11.1. The topological polar surface area (TPSA) is 50.4 Å². The molecule has 0 aromatic heterocycles. The maximum Gasteiger partial charge on any atom is 0.222 e. The van der Waals surface area contributed by atoms with Crippen LogP contribution in [0.4, 0.5) is 10.1 Å². The molecular weight excluding hydrogens is 319 g/mol. The Morgan fingerprint density at radius 3 is 2.65 bits per heavy atom.